The molecule has 2 bridgehead atoms. The van der Waals surface area contributed by atoms with Crippen LogP contribution in [0.3, 0.4) is 0 Å². The molecule has 4 atom stereocenters. The monoisotopic (exact) mass is 343 g/mol. The topological polar surface area (TPSA) is 93.1 Å². The third-order valence-corrected chi connectivity index (χ3v) is 5.04. The average Bonchev–Trinajstić information content (AvgIpc) is 3.26. The van der Waals surface area contributed by atoms with Gasteiger partial charge in [-0.1, -0.05) is 24.3 Å². The molecule has 0 saturated carbocycles. The normalized spacial score (nSPS) is 32.4. The fraction of sp³-hybridized carbons (Fsp3) is 0.389. The molecule has 3 heterocycles. The van der Waals surface area contributed by atoms with Crippen molar-refractivity contribution in [2.75, 3.05) is 18.1 Å². The molecule has 3 aliphatic rings. The number of hydrogen-bond acceptors (Lipinski definition) is 6. The predicted octanol–water partition coefficient (Wildman–Crippen LogP) is 0.669. The number of carbonyl (C=O) groups is 3. The van der Waals surface area contributed by atoms with E-state index in [0.717, 1.165) is 4.90 Å². The maximum Gasteiger partial charge on any atom is 0.340 e. The van der Waals surface area contributed by atoms with Gasteiger partial charge in [0, 0.05) is 0 Å². The molecule has 1 N–H and O–H groups in total. The Morgan fingerprint density at radius 3 is 2.80 bits per heavy atom. The highest BCUT2D eigenvalue weighted by Gasteiger charge is 2.67. The molecule has 7 heteroatoms. The van der Waals surface area contributed by atoms with E-state index in [4.69, 9.17) is 9.47 Å². The molecule has 1 aromatic rings. The summed E-state index contributed by atoms with van der Waals surface area (Å²) in [6.07, 6.45) is 2.84. The second-order valence-corrected chi connectivity index (χ2v) is 6.31. The third-order valence-electron chi connectivity index (χ3n) is 5.04. The van der Waals surface area contributed by atoms with Crippen LogP contribution >= 0.6 is 0 Å². The van der Waals surface area contributed by atoms with Crippen molar-refractivity contribution in [3.05, 3.63) is 42.0 Å². The number of rotatable bonds is 4. The van der Waals surface area contributed by atoms with Crippen LogP contribution in [0.25, 0.3) is 0 Å². The van der Waals surface area contributed by atoms with Gasteiger partial charge in [0.05, 0.1) is 42.4 Å². The molecule has 2 fully saturated rings. The van der Waals surface area contributed by atoms with Crippen molar-refractivity contribution < 1.29 is 29.0 Å². The largest absolute Gasteiger partial charge is 0.462 e. The number of para-hydroxylation sites is 1. The number of esters is 1. The molecule has 0 aromatic heterocycles. The molecule has 0 aliphatic carbocycles. The van der Waals surface area contributed by atoms with Crippen molar-refractivity contribution in [1.82, 2.24) is 0 Å². The Morgan fingerprint density at radius 2 is 2.08 bits per heavy atom. The third kappa shape index (κ3) is 2.03. The van der Waals surface area contributed by atoms with E-state index in [1.165, 1.54) is 6.07 Å². The number of ether oxygens (including phenoxy) is 2. The lowest BCUT2D eigenvalue weighted by Gasteiger charge is -2.26. The van der Waals surface area contributed by atoms with E-state index in [0.29, 0.717) is 0 Å². The first-order valence-electron chi connectivity index (χ1n) is 8.16. The smallest absolute Gasteiger partial charge is 0.340 e. The number of fused-ring (bicyclic) bond motifs is 5. The number of hydrogen-bond donors (Lipinski definition) is 1. The summed E-state index contributed by atoms with van der Waals surface area (Å²) in [5, 5.41) is 9.73. The van der Waals surface area contributed by atoms with E-state index in [2.05, 4.69) is 0 Å². The molecule has 2 amide bonds. The lowest BCUT2D eigenvalue weighted by Crippen LogP contribution is -2.43. The van der Waals surface area contributed by atoms with Gasteiger partial charge in [0.15, 0.2) is 0 Å². The van der Waals surface area contributed by atoms with Crippen molar-refractivity contribution in [2.45, 2.75) is 18.6 Å². The van der Waals surface area contributed by atoms with Crippen LogP contribution in [-0.2, 0) is 19.1 Å². The average molecular weight is 343 g/mol. The van der Waals surface area contributed by atoms with Crippen LogP contribution in [0.15, 0.2) is 36.4 Å². The van der Waals surface area contributed by atoms with Crippen LogP contribution in [0.5, 0.6) is 0 Å². The van der Waals surface area contributed by atoms with E-state index in [-0.39, 0.29) is 24.5 Å². The summed E-state index contributed by atoms with van der Waals surface area (Å²) < 4.78 is 10.7. The number of imide groups is 1. The number of aliphatic hydroxyl groups excluding tert-OH is 1. The zero-order valence-electron chi connectivity index (χ0n) is 13.5. The summed E-state index contributed by atoms with van der Waals surface area (Å²) in [5.41, 5.74) is -0.793. The van der Waals surface area contributed by atoms with Crippen LogP contribution in [0.2, 0.25) is 0 Å². The van der Waals surface area contributed by atoms with E-state index in [9.17, 15) is 19.5 Å². The number of aliphatic hydroxyl groups is 1. The maximum absolute atomic E-state index is 13.0. The maximum atomic E-state index is 13.0. The number of carbonyl (C=O) groups excluding carboxylic acids is 3. The Bertz CT molecular complexity index is 803. The highest BCUT2D eigenvalue weighted by atomic mass is 16.5. The van der Waals surface area contributed by atoms with Gasteiger partial charge in [0.1, 0.15) is 5.60 Å². The van der Waals surface area contributed by atoms with E-state index in [1.807, 2.05) is 0 Å². The molecule has 3 aliphatic heterocycles. The fourth-order valence-electron chi connectivity index (χ4n) is 3.97. The van der Waals surface area contributed by atoms with Gasteiger partial charge < -0.3 is 14.6 Å². The molecule has 0 radical (unpaired) electrons. The molecular weight excluding hydrogens is 326 g/mol. The number of benzene rings is 1. The minimum absolute atomic E-state index is 0.158. The highest BCUT2D eigenvalue weighted by Crippen LogP contribution is 2.52. The minimum atomic E-state index is -1.16. The summed E-state index contributed by atoms with van der Waals surface area (Å²) in [6, 6.07) is 6.36. The van der Waals surface area contributed by atoms with E-state index < -0.39 is 41.3 Å². The van der Waals surface area contributed by atoms with Gasteiger partial charge in [0.25, 0.3) is 0 Å². The number of amides is 2. The Labute approximate surface area is 143 Å². The number of anilines is 1. The standard InChI is InChI=1S/C18H17NO6/c1-2-24-17(23)10-5-3-4-6-11(10)19-15(21)13-12-7-8-18(9-20,25-12)14(13)16(19)22/h3-8,12-14,20H,2,9H2,1H3/t12-,13-,14-,18+/m1/s1. The van der Waals surface area contributed by atoms with Gasteiger partial charge in [-0.25, -0.2) is 9.69 Å². The van der Waals surface area contributed by atoms with E-state index in [1.54, 1.807) is 37.3 Å². The molecule has 4 rings (SSSR count). The van der Waals surface area contributed by atoms with Crippen LogP contribution < -0.4 is 4.90 Å². The molecule has 7 nitrogen and oxygen atoms in total. The summed E-state index contributed by atoms with van der Waals surface area (Å²) in [5.74, 6) is -2.94. The van der Waals surface area contributed by atoms with Gasteiger partial charge in [-0.05, 0) is 19.1 Å². The molecule has 0 unspecified atom stereocenters. The second-order valence-electron chi connectivity index (χ2n) is 6.31. The van der Waals surface area contributed by atoms with Crippen LogP contribution in [-0.4, -0.2) is 47.8 Å². The second kappa shape index (κ2) is 5.50. The van der Waals surface area contributed by atoms with Crippen molar-refractivity contribution in [3.63, 3.8) is 0 Å². The first kappa shape index (κ1) is 16.0. The number of nitrogens with zero attached hydrogens (tertiary/aromatic N) is 1. The van der Waals surface area contributed by atoms with Gasteiger partial charge in [0.2, 0.25) is 11.8 Å². The molecular formula is C18H17NO6. The quantitative estimate of drug-likeness (QED) is 0.491. The summed E-state index contributed by atoms with van der Waals surface area (Å²) in [7, 11) is 0. The molecule has 25 heavy (non-hydrogen) atoms. The zero-order chi connectivity index (χ0) is 17.8. The Hall–Kier alpha value is -2.51. The lowest BCUT2D eigenvalue weighted by atomic mass is 9.77. The minimum Gasteiger partial charge on any atom is -0.462 e. The first-order valence-corrected chi connectivity index (χ1v) is 8.16. The van der Waals surface area contributed by atoms with Crippen LogP contribution in [0, 0.1) is 11.8 Å². The van der Waals surface area contributed by atoms with Crippen molar-refractivity contribution in [1.29, 1.82) is 0 Å². The Kier molecular flexibility index (Phi) is 3.52. The van der Waals surface area contributed by atoms with Gasteiger partial charge >= 0.3 is 5.97 Å². The fourth-order valence-corrected chi connectivity index (χ4v) is 3.97. The summed E-state index contributed by atoms with van der Waals surface area (Å²) >= 11 is 0. The van der Waals surface area contributed by atoms with Crippen LogP contribution in [0.1, 0.15) is 17.3 Å². The van der Waals surface area contributed by atoms with Crippen LogP contribution in [0.4, 0.5) is 5.69 Å². The lowest BCUT2D eigenvalue weighted by molar-refractivity contribution is -0.128. The molecule has 2 saturated heterocycles. The molecule has 0 spiro atoms. The molecule has 1 aromatic carbocycles. The zero-order valence-corrected chi connectivity index (χ0v) is 13.5. The molecule has 130 valence electrons. The Balaban J connectivity index is 1.76. The summed E-state index contributed by atoms with van der Waals surface area (Å²) in [4.78, 5) is 39.2. The van der Waals surface area contributed by atoms with Crippen molar-refractivity contribution in [2.24, 2.45) is 11.8 Å². The predicted molar refractivity (Wildman–Crippen MR) is 85.7 cm³/mol. The SMILES string of the molecule is CCOC(=O)c1ccccc1N1C(=O)[C@@H]2[C@H]3C=C[C@@](CO)(O3)[C@H]2C1=O. The van der Waals surface area contributed by atoms with E-state index >= 15 is 0 Å². The van der Waals surface area contributed by atoms with Gasteiger partial charge in [-0.15, -0.1) is 0 Å². The van der Waals surface area contributed by atoms with Gasteiger partial charge in [-0.3, -0.25) is 9.59 Å². The first-order chi connectivity index (χ1) is 12.0. The van der Waals surface area contributed by atoms with Crippen molar-refractivity contribution >= 4 is 23.5 Å². The van der Waals surface area contributed by atoms with Gasteiger partial charge in [-0.2, -0.15) is 0 Å². The van der Waals surface area contributed by atoms with Crippen molar-refractivity contribution in [3.8, 4) is 0 Å². The Morgan fingerprint density at radius 1 is 1.32 bits per heavy atom. The highest BCUT2D eigenvalue weighted by molar-refractivity contribution is 6.25. The summed E-state index contributed by atoms with van der Waals surface area (Å²) in [6.45, 7) is 1.49.